The Bertz CT molecular complexity index is 785. The highest BCUT2D eigenvalue weighted by atomic mass is 19.4. The van der Waals surface area contributed by atoms with E-state index in [4.69, 9.17) is 4.74 Å². The number of alkyl halides is 3. The predicted molar refractivity (Wildman–Crippen MR) is 96.5 cm³/mol. The van der Waals surface area contributed by atoms with Crippen LogP contribution in [0, 0.1) is 5.92 Å². The lowest BCUT2D eigenvalue weighted by molar-refractivity contribution is -0.274. The molecule has 0 bridgehead atoms. The van der Waals surface area contributed by atoms with Crippen molar-refractivity contribution in [1.82, 2.24) is 9.80 Å². The molecule has 1 unspecified atom stereocenters. The molecule has 0 aliphatic carbocycles. The molecular formula is C20H23F3N2O4. The van der Waals surface area contributed by atoms with Crippen LogP contribution < -0.4 is 4.74 Å². The van der Waals surface area contributed by atoms with Gasteiger partial charge in [-0.1, -0.05) is 12.1 Å². The lowest BCUT2D eigenvalue weighted by Crippen LogP contribution is -2.53. The fourth-order valence-corrected chi connectivity index (χ4v) is 4.52. The highest BCUT2D eigenvalue weighted by Gasteiger charge is 2.39. The van der Waals surface area contributed by atoms with Crippen molar-refractivity contribution in [3.63, 3.8) is 0 Å². The van der Waals surface area contributed by atoms with Gasteiger partial charge in [0.2, 0.25) is 0 Å². The molecule has 0 spiro atoms. The molecular weight excluding hydrogens is 389 g/mol. The number of carbonyl (C=O) groups excluding carboxylic acids is 2. The van der Waals surface area contributed by atoms with Gasteiger partial charge in [-0.15, -0.1) is 13.2 Å². The van der Waals surface area contributed by atoms with Crippen LogP contribution in [-0.2, 0) is 9.53 Å². The third kappa shape index (κ3) is 4.66. The Labute approximate surface area is 166 Å². The Hall–Kier alpha value is -2.29. The van der Waals surface area contributed by atoms with E-state index in [2.05, 4.69) is 4.74 Å². The van der Waals surface area contributed by atoms with E-state index in [9.17, 15) is 22.8 Å². The van der Waals surface area contributed by atoms with Crippen LogP contribution in [0.4, 0.5) is 18.0 Å². The second kappa shape index (κ2) is 7.85. The number of carbonyl (C=O) groups is 2. The number of halogens is 3. The molecule has 2 amide bonds. The molecule has 1 aromatic rings. The normalized spacial score (nSPS) is 27.7. The summed E-state index contributed by atoms with van der Waals surface area (Å²) in [4.78, 5) is 28.1. The van der Waals surface area contributed by atoms with Crippen LogP contribution in [0.25, 0.3) is 0 Å². The maximum atomic E-state index is 12.9. The molecule has 6 nitrogen and oxygen atoms in total. The molecule has 1 aromatic carbocycles. The van der Waals surface area contributed by atoms with Gasteiger partial charge < -0.3 is 19.3 Å². The second-order valence-corrected chi connectivity index (χ2v) is 7.92. The molecule has 29 heavy (non-hydrogen) atoms. The van der Waals surface area contributed by atoms with E-state index in [1.165, 1.54) is 18.2 Å². The Morgan fingerprint density at radius 1 is 1.14 bits per heavy atom. The number of nitrogens with zero attached hydrogens (tertiary/aromatic N) is 2. The smallest absolute Gasteiger partial charge is 0.406 e. The minimum atomic E-state index is -4.73. The number of benzene rings is 1. The Kier molecular flexibility index (Phi) is 5.42. The summed E-state index contributed by atoms with van der Waals surface area (Å²) in [6.07, 6.45) is -2.84. The van der Waals surface area contributed by atoms with Gasteiger partial charge in [-0.3, -0.25) is 4.79 Å². The van der Waals surface area contributed by atoms with Crippen molar-refractivity contribution in [3.8, 4) is 5.75 Å². The lowest BCUT2D eigenvalue weighted by Gasteiger charge is -2.41. The Balaban J connectivity index is 1.37. The number of urea groups is 1. The van der Waals surface area contributed by atoms with E-state index >= 15 is 0 Å². The molecule has 3 fully saturated rings. The Morgan fingerprint density at radius 2 is 1.90 bits per heavy atom. The number of ether oxygens (including phenoxy) is 2. The zero-order valence-corrected chi connectivity index (χ0v) is 15.9. The number of likely N-dealkylation sites (tertiary alicyclic amines) is 2. The molecule has 3 aliphatic heterocycles. The van der Waals surface area contributed by atoms with Crippen molar-refractivity contribution in [1.29, 1.82) is 0 Å². The summed E-state index contributed by atoms with van der Waals surface area (Å²) < 4.78 is 46.9. The summed E-state index contributed by atoms with van der Waals surface area (Å²) in [5, 5.41) is 0. The number of ketones is 1. The van der Waals surface area contributed by atoms with Crippen LogP contribution in [0.1, 0.15) is 30.7 Å². The van der Waals surface area contributed by atoms with Gasteiger partial charge >= 0.3 is 12.4 Å². The summed E-state index contributed by atoms with van der Waals surface area (Å²) in [5.74, 6) is -0.164. The van der Waals surface area contributed by atoms with Gasteiger partial charge in [0.1, 0.15) is 12.4 Å². The van der Waals surface area contributed by atoms with Crippen molar-refractivity contribution in [2.45, 2.75) is 37.6 Å². The highest BCUT2D eigenvalue weighted by molar-refractivity contribution is 5.81. The van der Waals surface area contributed by atoms with Crippen LogP contribution >= 0.6 is 0 Å². The summed E-state index contributed by atoms with van der Waals surface area (Å²) in [6, 6.07) is 5.88. The number of fused-ring (bicyclic) bond motifs is 1. The van der Waals surface area contributed by atoms with Crippen LogP contribution in [0.5, 0.6) is 5.75 Å². The van der Waals surface area contributed by atoms with E-state index in [0.29, 0.717) is 39.0 Å². The average Bonchev–Trinajstić information content (AvgIpc) is 3.16. The third-order valence-electron chi connectivity index (χ3n) is 5.90. The molecule has 0 radical (unpaired) electrons. The molecule has 3 heterocycles. The molecule has 3 atom stereocenters. The van der Waals surface area contributed by atoms with Crippen LogP contribution in [-0.4, -0.2) is 66.9 Å². The van der Waals surface area contributed by atoms with Gasteiger partial charge in [0.05, 0.1) is 6.10 Å². The number of hydrogen-bond acceptors (Lipinski definition) is 4. The van der Waals surface area contributed by atoms with Crippen molar-refractivity contribution in [2.24, 2.45) is 5.92 Å². The van der Waals surface area contributed by atoms with Crippen LogP contribution in [0.3, 0.4) is 0 Å². The third-order valence-corrected chi connectivity index (χ3v) is 5.90. The lowest BCUT2D eigenvalue weighted by atomic mass is 9.88. The molecule has 9 heteroatoms. The van der Waals surface area contributed by atoms with E-state index in [-0.39, 0.29) is 42.1 Å². The molecule has 3 aliphatic rings. The monoisotopic (exact) mass is 412 g/mol. The topological polar surface area (TPSA) is 59.1 Å². The van der Waals surface area contributed by atoms with Crippen molar-refractivity contribution >= 4 is 11.8 Å². The van der Waals surface area contributed by atoms with Crippen molar-refractivity contribution < 1.29 is 32.2 Å². The molecule has 3 saturated heterocycles. The first-order chi connectivity index (χ1) is 13.8. The molecule has 4 rings (SSSR count). The van der Waals surface area contributed by atoms with Gasteiger partial charge in [0, 0.05) is 44.4 Å². The number of piperidine rings is 1. The zero-order valence-electron chi connectivity index (χ0n) is 15.9. The molecule has 0 aromatic heterocycles. The van der Waals surface area contributed by atoms with E-state index in [0.717, 1.165) is 12.0 Å². The number of hydrogen-bond donors (Lipinski definition) is 0. The summed E-state index contributed by atoms with van der Waals surface area (Å²) in [5.41, 5.74) is 0.729. The highest BCUT2D eigenvalue weighted by Crippen LogP contribution is 2.33. The SMILES string of the molecule is O=C1CO[C@H]2CCN(C(=O)N3CCC(c4cccc(OC(F)(F)F)c4)C3)C[C@H]2C1. The maximum Gasteiger partial charge on any atom is 0.573 e. The average molecular weight is 412 g/mol. The second-order valence-electron chi connectivity index (χ2n) is 7.92. The van der Waals surface area contributed by atoms with E-state index in [1.807, 2.05) is 0 Å². The van der Waals surface area contributed by atoms with Gasteiger partial charge in [0.25, 0.3) is 0 Å². The van der Waals surface area contributed by atoms with E-state index in [1.54, 1.807) is 15.9 Å². The van der Waals surface area contributed by atoms with Crippen molar-refractivity contribution in [2.75, 3.05) is 32.8 Å². The van der Waals surface area contributed by atoms with Gasteiger partial charge in [0.15, 0.2) is 5.78 Å². The number of amides is 2. The fourth-order valence-electron chi connectivity index (χ4n) is 4.52. The van der Waals surface area contributed by atoms with Gasteiger partial charge in [-0.25, -0.2) is 4.79 Å². The molecule has 158 valence electrons. The quantitative estimate of drug-likeness (QED) is 0.749. The summed E-state index contributed by atoms with van der Waals surface area (Å²) >= 11 is 0. The van der Waals surface area contributed by atoms with Crippen molar-refractivity contribution in [3.05, 3.63) is 29.8 Å². The summed E-state index contributed by atoms with van der Waals surface area (Å²) in [6.45, 7) is 2.26. The predicted octanol–water partition coefficient (Wildman–Crippen LogP) is 3.17. The first-order valence-electron chi connectivity index (χ1n) is 9.81. The number of rotatable bonds is 2. The molecule has 0 N–H and O–H groups in total. The zero-order chi connectivity index (χ0) is 20.6. The summed E-state index contributed by atoms with van der Waals surface area (Å²) in [7, 11) is 0. The fraction of sp³-hybridized carbons (Fsp3) is 0.600. The van der Waals surface area contributed by atoms with Crippen LogP contribution in [0.2, 0.25) is 0 Å². The van der Waals surface area contributed by atoms with Gasteiger partial charge in [-0.05, 0) is 30.5 Å². The Morgan fingerprint density at radius 3 is 2.69 bits per heavy atom. The van der Waals surface area contributed by atoms with Gasteiger partial charge in [-0.2, -0.15) is 0 Å². The minimum Gasteiger partial charge on any atom is -0.406 e. The standard InChI is InChI=1S/C20H23F3N2O4/c21-20(22,23)29-17-3-1-2-13(9-17)14-4-6-24(10-14)19(27)25-7-5-18-15(11-25)8-16(26)12-28-18/h1-3,9,14-15,18H,4-8,10-12H2/t14?,15-,18+/m1/s1. The largest absolute Gasteiger partial charge is 0.573 e. The minimum absolute atomic E-state index is 0.0344. The van der Waals surface area contributed by atoms with E-state index < -0.39 is 6.36 Å². The number of Topliss-reactive ketones (excluding diaryl/α,β-unsaturated/α-hetero) is 1. The van der Waals surface area contributed by atoms with Crippen LogP contribution in [0.15, 0.2) is 24.3 Å². The maximum absolute atomic E-state index is 12.9. The first-order valence-corrected chi connectivity index (χ1v) is 9.81. The molecule has 0 saturated carbocycles. The first kappa shape index (κ1) is 20.0.